The first-order valence-electron chi connectivity index (χ1n) is 7.01. The second kappa shape index (κ2) is 6.97. The Morgan fingerprint density at radius 2 is 2.05 bits per heavy atom. The fourth-order valence-corrected chi connectivity index (χ4v) is 4.25. The largest absolute Gasteiger partial charge is 0.493 e. The van der Waals surface area contributed by atoms with Crippen LogP contribution in [0.3, 0.4) is 0 Å². The molecule has 0 aromatic heterocycles. The van der Waals surface area contributed by atoms with Crippen molar-refractivity contribution in [2.24, 2.45) is 5.92 Å². The van der Waals surface area contributed by atoms with Crippen LogP contribution in [0.25, 0.3) is 0 Å². The second-order valence-corrected chi connectivity index (χ2v) is 7.83. The van der Waals surface area contributed by atoms with E-state index in [1.165, 1.54) is 16.4 Å². The highest BCUT2D eigenvalue weighted by Gasteiger charge is 2.32. The lowest BCUT2D eigenvalue weighted by Crippen LogP contribution is -2.40. The van der Waals surface area contributed by atoms with Crippen LogP contribution in [0.15, 0.2) is 27.6 Å². The van der Waals surface area contributed by atoms with Gasteiger partial charge in [0, 0.05) is 19.2 Å². The Morgan fingerprint density at radius 3 is 2.59 bits per heavy atom. The molecule has 0 saturated carbocycles. The van der Waals surface area contributed by atoms with Gasteiger partial charge in [-0.25, -0.2) is 8.42 Å². The van der Waals surface area contributed by atoms with E-state index in [-0.39, 0.29) is 18.0 Å². The molecule has 6 nitrogen and oxygen atoms in total. The second-order valence-electron chi connectivity index (χ2n) is 5.04. The van der Waals surface area contributed by atoms with Crippen molar-refractivity contribution in [1.29, 1.82) is 0 Å². The summed E-state index contributed by atoms with van der Waals surface area (Å²) >= 11 is 3.32. The highest BCUT2D eigenvalue weighted by molar-refractivity contribution is 9.10. The normalized spacial score (nSPS) is 17.4. The van der Waals surface area contributed by atoms with Crippen LogP contribution in [0, 0.1) is 5.92 Å². The minimum absolute atomic E-state index is 0.160. The Bertz CT molecular complexity index is 653. The molecule has 22 heavy (non-hydrogen) atoms. The third kappa shape index (κ3) is 3.61. The summed E-state index contributed by atoms with van der Waals surface area (Å²) in [5.41, 5.74) is 0. The third-order valence-corrected chi connectivity index (χ3v) is 6.19. The molecule has 1 heterocycles. The molecule has 8 heteroatoms. The molecule has 0 amide bonds. The Morgan fingerprint density at radius 1 is 1.41 bits per heavy atom. The average Bonchev–Trinajstić information content (AvgIpc) is 2.49. The molecule has 1 aliphatic rings. The van der Waals surface area contributed by atoms with Crippen molar-refractivity contribution in [2.45, 2.75) is 24.7 Å². The number of hydrogen-bond acceptors (Lipinski definition) is 4. The fraction of sp³-hybridized carbons (Fsp3) is 0.500. The molecule has 122 valence electrons. The van der Waals surface area contributed by atoms with Gasteiger partial charge in [-0.2, -0.15) is 4.31 Å². The maximum Gasteiger partial charge on any atom is 0.306 e. The zero-order valence-corrected chi connectivity index (χ0v) is 14.6. The molecule has 0 atom stereocenters. The van der Waals surface area contributed by atoms with Crippen molar-refractivity contribution in [3.8, 4) is 5.75 Å². The molecule has 2 rings (SSSR count). The standard InChI is InChI=1S/C14H18BrNO5S/c1-2-21-13-9-11(3-4-12(13)15)22(19,20)16-7-5-10(6-8-16)14(17)18/h3-4,9-10H,2,5-8H2,1H3,(H,17,18). The molecule has 1 aromatic carbocycles. The van der Waals surface area contributed by atoms with Crippen molar-refractivity contribution in [1.82, 2.24) is 4.31 Å². The summed E-state index contributed by atoms with van der Waals surface area (Å²) in [6.07, 6.45) is 0.673. The number of aliphatic carboxylic acids is 1. The van der Waals surface area contributed by atoms with Crippen molar-refractivity contribution in [2.75, 3.05) is 19.7 Å². The summed E-state index contributed by atoms with van der Waals surface area (Å²) in [4.78, 5) is 11.1. The van der Waals surface area contributed by atoms with E-state index < -0.39 is 21.9 Å². The van der Waals surface area contributed by atoms with Gasteiger partial charge < -0.3 is 9.84 Å². The molecule has 1 N–H and O–H groups in total. The van der Waals surface area contributed by atoms with E-state index in [1.807, 2.05) is 6.92 Å². The lowest BCUT2D eigenvalue weighted by atomic mass is 9.99. The topological polar surface area (TPSA) is 83.9 Å². The number of carboxylic acid groups (broad SMARTS) is 1. The number of halogens is 1. The lowest BCUT2D eigenvalue weighted by molar-refractivity contribution is -0.142. The van der Waals surface area contributed by atoms with E-state index in [4.69, 9.17) is 9.84 Å². The first-order valence-corrected chi connectivity index (χ1v) is 9.25. The van der Waals surface area contributed by atoms with Crippen LogP contribution >= 0.6 is 15.9 Å². The number of nitrogens with zero attached hydrogens (tertiary/aromatic N) is 1. The molecule has 0 spiro atoms. The van der Waals surface area contributed by atoms with Crippen molar-refractivity contribution < 1.29 is 23.1 Å². The Kier molecular flexibility index (Phi) is 5.46. The van der Waals surface area contributed by atoms with Crippen molar-refractivity contribution in [3.05, 3.63) is 22.7 Å². The van der Waals surface area contributed by atoms with E-state index in [1.54, 1.807) is 6.07 Å². The summed E-state index contributed by atoms with van der Waals surface area (Å²) in [5, 5.41) is 8.98. The monoisotopic (exact) mass is 391 g/mol. The zero-order chi connectivity index (χ0) is 16.3. The molecule has 0 bridgehead atoms. The van der Waals surface area contributed by atoms with E-state index in [0.717, 1.165) is 0 Å². The van der Waals surface area contributed by atoms with E-state index in [0.29, 0.717) is 29.7 Å². The molecular weight excluding hydrogens is 374 g/mol. The number of carboxylic acids is 1. The first-order chi connectivity index (χ1) is 10.4. The quantitative estimate of drug-likeness (QED) is 0.832. The van der Waals surface area contributed by atoms with Gasteiger partial charge in [0.1, 0.15) is 5.75 Å². The minimum Gasteiger partial charge on any atom is -0.493 e. The number of piperidine rings is 1. The number of rotatable bonds is 5. The number of ether oxygens (including phenoxy) is 1. The first kappa shape index (κ1) is 17.2. The van der Waals surface area contributed by atoms with Gasteiger partial charge in [-0.1, -0.05) is 0 Å². The maximum atomic E-state index is 12.6. The van der Waals surface area contributed by atoms with Crippen molar-refractivity contribution in [3.63, 3.8) is 0 Å². The molecule has 0 radical (unpaired) electrons. The summed E-state index contributed by atoms with van der Waals surface area (Å²) in [5.74, 6) is -0.848. The molecule has 1 aliphatic heterocycles. The predicted molar refractivity (Wildman–Crippen MR) is 84.4 cm³/mol. The Balaban J connectivity index is 2.21. The van der Waals surface area contributed by atoms with Crippen LogP contribution in [0.4, 0.5) is 0 Å². The van der Waals surface area contributed by atoms with Crippen LogP contribution < -0.4 is 4.74 Å². The van der Waals surface area contributed by atoms with E-state index in [2.05, 4.69) is 15.9 Å². The van der Waals surface area contributed by atoms with Gasteiger partial charge in [-0.3, -0.25) is 4.79 Å². The zero-order valence-electron chi connectivity index (χ0n) is 12.2. The summed E-state index contributed by atoms with van der Waals surface area (Å²) in [6, 6.07) is 4.65. The number of sulfonamides is 1. The van der Waals surface area contributed by atoms with E-state index >= 15 is 0 Å². The number of carbonyl (C=O) groups is 1. The molecular formula is C14H18BrNO5S. The highest BCUT2D eigenvalue weighted by Crippen LogP contribution is 2.30. The van der Waals surface area contributed by atoms with Crippen LogP contribution in [0.5, 0.6) is 5.75 Å². The molecule has 0 aliphatic carbocycles. The number of hydrogen-bond donors (Lipinski definition) is 1. The molecule has 1 fully saturated rings. The van der Waals surface area contributed by atoms with Gasteiger partial charge in [0.25, 0.3) is 0 Å². The summed E-state index contributed by atoms with van der Waals surface area (Å²) in [6.45, 7) is 2.70. The Labute approximate surface area is 138 Å². The molecule has 0 unspecified atom stereocenters. The fourth-order valence-electron chi connectivity index (χ4n) is 2.40. The van der Waals surface area contributed by atoms with Crippen LogP contribution in [0.2, 0.25) is 0 Å². The number of benzene rings is 1. The van der Waals surface area contributed by atoms with Gasteiger partial charge in [0.05, 0.1) is 21.9 Å². The van der Waals surface area contributed by atoms with Crippen molar-refractivity contribution >= 4 is 31.9 Å². The van der Waals surface area contributed by atoms with Gasteiger partial charge in [-0.05, 0) is 47.8 Å². The van der Waals surface area contributed by atoms with Crippen LogP contribution in [-0.4, -0.2) is 43.5 Å². The summed E-state index contributed by atoms with van der Waals surface area (Å²) < 4.78 is 32.7. The highest BCUT2D eigenvalue weighted by atomic mass is 79.9. The third-order valence-electron chi connectivity index (χ3n) is 3.64. The van der Waals surface area contributed by atoms with Gasteiger partial charge in [0.2, 0.25) is 10.0 Å². The predicted octanol–water partition coefficient (Wildman–Crippen LogP) is 2.33. The van der Waals surface area contributed by atoms with Crippen LogP contribution in [-0.2, 0) is 14.8 Å². The average molecular weight is 392 g/mol. The van der Waals surface area contributed by atoms with Gasteiger partial charge in [0.15, 0.2) is 0 Å². The van der Waals surface area contributed by atoms with E-state index in [9.17, 15) is 13.2 Å². The minimum atomic E-state index is -3.63. The SMILES string of the molecule is CCOc1cc(S(=O)(=O)N2CCC(C(=O)O)CC2)ccc1Br. The van der Waals surface area contributed by atoms with Gasteiger partial charge >= 0.3 is 5.97 Å². The Hall–Kier alpha value is -1.12. The molecule has 1 saturated heterocycles. The molecule has 1 aromatic rings. The summed E-state index contributed by atoms with van der Waals surface area (Å²) in [7, 11) is -3.63. The smallest absolute Gasteiger partial charge is 0.306 e. The van der Waals surface area contributed by atoms with Gasteiger partial charge in [-0.15, -0.1) is 0 Å². The lowest BCUT2D eigenvalue weighted by Gasteiger charge is -2.29. The van der Waals surface area contributed by atoms with Crippen LogP contribution in [0.1, 0.15) is 19.8 Å². The maximum absolute atomic E-state index is 12.6.